The fourth-order valence-corrected chi connectivity index (χ4v) is 5.54. The molecule has 0 aromatic heterocycles. The van der Waals surface area contributed by atoms with Crippen LogP contribution in [-0.4, -0.2) is 111 Å². The molecule has 4 aromatic carbocycles. The summed E-state index contributed by atoms with van der Waals surface area (Å²) < 4.78 is 36.6. The summed E-state index contributed by atoms with van der Waals surface area (Å²) in [7, 11) is 0. The van der Waals surface area contributed by atoms with Crippen molar-refractivity contribution in [2.45, 2.75) is 51.4 Å². The molecule has 0 atom stereocenters. The molecule has 4 aromatic rings. The number of aromatic carboxylic acids is 1. The van der Waals surface area contributed by atoms with Crippen molar-refractivity contribution in [3.8, 4) is 0 Å². The van der Waals surface area contributed by atoms with E-state index in [2.05, 4.69) is 0 Å². The van der Waals surface area contributed by atoms with E-state index in [-0.39, 0.29) is 91.8 Å². The smallest absolute Gasteiger partial charge is 0.338 e. The van der Waals surface area contributed by atoms with Crippen LogP contribution in [0.5, 0.6) is 0 Å². The van der Waals surface area contributed by atoms with E-state index in [9.17, 15) is 38.4 Å². The highest BCUT2D eigenvalue weighted by atomic mass is 16.6. The van der Waals surface area contributed by atoms with Crippen LogP contribution >= 0.6 is 0 Å². The summed E-state index contributed by atoms with van der Waals surface area (Å²) in [4.78, 5) is 97.1. The Morgan fingerprint density at radius 2 is 0.431 bits per heavy atom. The van der Waals surface area contributed by atoms with Crippen LogP contribution in [0.15, 0.2) is 97.1 Å². The molecular formula is C48H50O17. The first kappa shape index (κ1) is 50.2. The summed E-state index contributed by atoms with van der Waals surface area (Å²) in [5.74, 6) is -5.14. The zero-order valence-corrected chi connectivity index (χ0v) is 35.6. The molecule has 17 heteroatoms. The quantitative estimate of drug-likeness (QED) is 0.0359. The molecule has 0 fully saturated rings. The van der Waals surface area contributed by atoms with Crippen molar-refractivity contribution in [3.63, 3.8) is 0 Å². The molecule has 0 aliphatic rings. The van der Waals surface area contributed by atoms with Gasteiger partial charge in [-0.3, -0.25) is 0 Å². The summed E-state index contributed by atoms with van der Waals surface area (Å²) in [5.41, 5.74) is 1.76. The SMILES string of the molecule is O=C(O)c1ccc(C(=O)OCCCCOC(=O)c2ccc(C(=O)OCCCCOC(=O)c3ccc(C(=O)OCCCCOC(=O)c4ccc(C(=O)OCCCCO)cc4)cc3)cc2)cc1. The van der Waals surface area contributed by atoms with Gasteiger partial charge in [-0.2, -0.15) is 0 Å². The summed E-state index contributed by atoms with van der Waals surface area (Å²) in [6.07, 6.45) is 3.64. The Hall–Kier alpha value is -7.40. The van der Waals surface area contributed by atoms with Crippen LogP contribution < -0.4 is 0 Å². The molecule has 0 spiro atoms. The van der Waals surface area contributed by atoms with Gasteiger partial charge in [0.05, 0.1) is 90.8 Å². The van der Waals surface area contributed by atoms with Gasteiger partial charge in [0, 0.05) is 6.61 Å². The molecule has 0 saturated heterocycles. The van der Waals surface area contributed by atoms with E-state index in [4.69, 9.17) is 43.4 Å². The number of rotatable bonds is 27. The number of hydrogen-bond acceptors (Lipinski definition) is 16. The van der Waals surface area contributed by atoms with Gasteiger partial charge in [-0.15, -0.1) is 0 Å². The molecular weight excluding hydrogens is 849 g/mol. The van der Waals surface area contributed by atoms with Gasteiger partial charge in [0.2, 0.25) is 0 Å². The number of ether oxygens (including phenoxy) is 7. The van der Waals surface area contributed by atoms with Crippen LogP contribution in [0.3, 0.4) is 0 Å². The molecule has 2 N–H and O–H groups in total. The summed E-state index contributed by atoms with van der Waals surface area (Å²) in [6.45, 7) is 0.693. The number of hydrogen-bond donors (Lipinski definition) is 2. The number of benzene rings is 4. The largest absolute Gasteiger partial charge is 0.478 e. The van der Waals surface area contributed by atoms with Gasteiger partial charge in [-0.25, -0.2) is 38.4 Å². The highest BCUT2D eigenvalue weighted by molar-refractivity contribution is 5.95. The molecule has 0 amide bonds. The number of aliphatic hydroxyl groups is 1. The maximum Gasteiger partial charge on any atom is 0.338 e. The first-order chi connectivity index (χ1) is 31.5. The van der Waals surface area contributed by atoms with Crippen molar-refractivity contribution in [1.29, 1.82) is 0 Å². The van der Waals surface area contributed by atoms with Gasteiger partial charge >= 0.3 is 47.8 Å². The predicted molar refractivity (Wildman–Crippen MR) is 229 cm³/mol. The average Bonchev–Trinajstić information content (AvgIpc) is 3.33. The zero-order valence-electron chi connectivity index (χ0n) is 35.6. The summed E-state index contributed by atoms with van der Waals surface area (Å²) in [6, 6.07) is 22.7. The monoisotopic (exact) mass is 898 g/mol. The Bertz CT molecular complexity index is 2200. The number of carboxylic acid groups (broad SMARTS) is 1. The van der Waals surface area contributed by atoms with Crippen molar-refractivity contribution in [2.75, 3.05) is 52.9 Å². The van der Waals surface area contributed by atoms with Gasteiger partial charge in [-0.1, -0.05) is 0 Å². The third-order valence-corrected chi connectivity index (χ3v) is 9.24. The van der Waals surface area contributed by atoms with Gasteiger partial charge in [0.1, 0.15) is 0 Å². The van der Waals surface area contributed by atoms with Gasteiger partial charge in [0.25, 0.3) is 0 Å². The second kappa shape index (κ2) is 27.6. The lowest BCUT2D eigenvalue weighted by Crippen LogP contribution is -2.11. The van der Waals surface area contributed by atoms with Gasteiger partial charge < -0.3 is 43.4 Å². The molecule has 17 nitrogen and oxygen atoms in total. The number of esters is 7. The minimum atomic E-state index is -1.10. The van der Waals surface area contributed by atoms with Crippen LogP contribution in [0, 0.1) is 0 Å². The molecule has 0 radical (unpaired) electrons. The van der Waals surface area contributed by atoms with Crippen molar-refractivity contribution >= 4 is 47.8 Å². The Morgan fingerprint density at radius 3 is 0.585 bits per heavy atom. The van der Waals surface area contributed by atoms with E-state index in [1.54, 1.807) is 0 Å². The fraction of sp³-hybridized carbons (Fsp3) is 0.333. The molecule has 0 heterocycles. The zero-order chi connectivity index (χ0) is 46.8. The number of unbranched alkanes of at least 4 members (excludes halogenated alkanes) is 4. The molecule has 344 valence electrons. The standard InChI is InChI=1S/C48H50O17/c49-25-1-2-26-59-43(53)35-13-15-36(16-14-35)44(54)62-29-5-6-30-63-47(57)39-21-23-40(24-22-39)48(58)65-32-8-7-31-64-46(56)38-19-17-37(18-20-38)45(55)61-28-4-3-27-60-42(52)34-11-9-33(10-12-34)41(50)51/h9-24,49H,1-8,25-32H2,(H,50,51). The third-order valence-electron chi connectivity index (χ3n) is 9.24. The minimum absolute atomic E-state index is 0.0238. The lowest BCUT2D eigenvalue weighted by molar-refractivity contribution is 0.0428. The second-order valence-electron chi connectivity index (χ2n) is 14.1. The van der Waals surface area contributed by atoms with Crippen molar-refractivity contribution in [1.82, 2.24) is 0 Å². The lowest BCUT2D eigenvalue weighted by Gasteiger charge is -2.08. The average molecular weight is 899 g/mol. The summed E-state index contributed by atoms with van der Waals surface area (Å²) >= 11 is 0. The minimum Gasteiger partial charge on any atom is -0.478 e. The molecule has 0 bridgehead atoms. The van der Waals surface area contributed by atoms with Crippen LogP contribution in [0.1, 0.15) is 134 Å². The predicted octanol–water partition coefficient (Wildman–Crippen LogP) is 6.70. The highest BCUT2D eigenvalue weighted by Gasteiger charge is 2.15. The van der Waals surface area contributed by atoms with Crippen molar-refractivity contribution in [2.24, 2.45) is 0 Å². The lowest BCUT2D eigenvalue weighted by atomic mass is 10.1. The van der Waals surface area contributed by atoms with E-state index in [1.165, 1.54) is 97.1 Å². The van der Waals surface area contributed by atoms with Crippen LogP contribution in [-0.2, 0) is 33.2 Å². The molecule has 0 aliphatic heterocycles. The van der Waals surface area contributed by atoms with E-state index < -0.39 is 47.8 Å². The number of carbonyl (C=O) groups is 8. The Balaban J connectivity index is 1.00. The Kier molecular flexibility index (Phi) is 21.3. The van der Waals surface area contributed by atoms with E-state index in [0.717, 1.165) is 0 Å². The van der Waals surface area contributed by atoms with Crippen LogP contribution in [0.25, 0.3) is 0 Å². The topological polar surface area (TPSA) is 242 Å². The Labute approximate surface area is 374 Å². The van der Waals surface area contributed by atoms with Gasteiger partial charge in [-0.05, 0) is 148 Å². The molecule has 0 unspecified atom stereocenters. The van der Waals surface area contributed by atoms with Crippen LogP contribution in [0.4, 0.5) is 0 Å². The Morgan fingerprint density at radius 1 is 0.277 bits per heavy atom. The highest BCUT2D eigenvalue weighted by Crippen LogP contribution is 2.13. The van der Waals surface area contributed by atoms with Crippen molar-refractivity contribution in [3.05, 3.63) is 142 Å². The molecule has 4 rings (SSSR count). The number of carboxylic acids is 1. The maximum absolute atomic E-state index is 12.5. The van der Waals surface area contributed by atoms with Crippen LogP contribution in [0.2, 0.25) is 0 Å². The number of carbonyl (C=O) groups excluding carboxylic acids is 7. The first-order valence-electron chi connectivity index (χ1n) is 20.9. The second-order valence-corrected chi connectivity index (χ2v) is 14.1. The molecule has 0 aliphatic carbocycles. The molecule has 65 heavy (non-hydrogen) atoms. The fourth-order valence-electron chi connectivity index (χ4n) is 5.54. The number of aliphatic hydroxyl groups excluding tert-OH is 1. The third kappa shape index (κ3) is 17.7. The first-order valence-corrected chi connectivity index (χ1v) is 20.9. The van der Waals surface area contributed by atoms with E-state index in [0.29, 0.717) is 56.9 Å². The van der Waals surface area contributed by atoms with Crippen molar-refractivity contribution < 1.29 is 81.7 Å². The summed E-state index contributed by atoms with van der Waals surface area (Å²) in [5, 5.41) is 17.7. The van der Waals surface area contributed by atoms with E-state index >= 15 is 0 Å². The van der Waals surface area contributed by atoms with E-state index in [1.807, 2.05) is 0 Å². The molecule has 0 saturated carbocycles. The normalized spacial score (nSPS) is 10.5. The maximum atomic E-state index is 12.5. The van der Waals surface area contributed by atoms with Gasteiger partial charge in [0.15, 0.2) is 0 Å².